The van der Waals surface area contributed by atoms with Crippen LogP contribution in [-0.2, 0) is 9.53 Å². The molecule has 0 atom stereocenters. The predicted octanol–water partition coefficient (Wildman–Crippen LogP) is 6.72. The molecule has 3 rings (SSSR count). The summed E-state index contributed by atoms with van der Waals surface area (Å²) in [4.78, 5) is 17.5. The first kappa shape index (κ1) is 21.5. The number of fused-ring (bicyclic) bond motifs is 1. The number of likely N-dealkylation sites (N-methyl/N-ethyl adjacent to an activating group) is 1. The minimum atomic E-state index is -0.272. The highest BCUT2D eigenvalue weighted by Crippen LogP contribution is 2.38. The lowest BCUT2D eigenvalue weighted by Gasteiger charge is -2.23. The van der Waals surface area contributed by atoms with Crippen LogP contribution in [0.25, 0.3) is 10.2 Å². The molecule has 0 aliphatic carbocycles. The zero-order chi connectivity index (χ0) is 21.0. The second-order valence-electron chi connectivity index (χ2n) is 6.30. The quantitative estimate of drug-likeness (QED) is 0.296. The van der Waals surface area contributed by atoms with Crippen molar-refractivity contribution in [3.63, 3.8) is 0 Å². The van der Waals surface area contributed by atoms with Crippen molar-refractivity contribution in [2.45, 2.75) is 20.8 Å². The van der Waals surface area contributed by atoms with E-state index in [9.17, 15) is 4.79 Å². The first-order valence-corrected chi connectivity index (χ1v) is 10.6. The van der Waals surface area contributed by atoms with E-state index in [0.717, 1.165) is 33.7 Å². The highest BCUT2D eigenvalue weighted by atomic mass is 35.5. The van der Waals surface area contributed by atoms with Crippen LogP contribution in [-0.4, -0.2) is 30.6 Å². The van der Waals surface area contributed by atoms with Crippen LogP contribution >= 0.6 is 34.5 Å². The van der Waals surface area contributed by atoms with Gasteiger partial charge in [-0.2, -0.15) is 0 Å². The lowest BCUT2D eigenvalue weighted by atomic mass is 10.1. The Morgan fingerprint density at radius 2 is 2.03 bits per heavy atom. The molecule has 0 unspecified atom stereocenters. The highest BCUT2D eigenvalue weighted by molar-refractivity contribution is 7.22. The van der Waals surface area contributed by atoms with Crippen molar-refractivity contribution in [3.8, 4) is 0 Å². The average molecular weight is 451 g/mol. The Morgan fingerprint density at radius 1 is 1.24 bits per heavy atom. The number of anilines is 1. The molecule has 0 amide bonds. The molecule has 0 N–H and O–H groups in total. The normalized spacial score (nSPS) is 11.3. The zero-order valence-corrected chi connectivity index (χ0v) is 18.6. The number of aromatic nitrogens is 1. The van der Waals surface area contributed by atoms with Crippen molar-refractivity contribution >= 4 is 67.2 Å². The van der Waals surface area contributed by atoms with E-state index in [-0.39, 0.29) is 5.97 Å². The first-order valence-electron chi connectivity index (χ1n) is 9.04. The molecule has 0 saturated carbocycles. The zero-order valence-electron chi connectivity index (χ0n) is 16.3. The second-order valence-corrected chi connectivity index (χ2v) is 8.06. The summed E-state index contributed by atoms with van der Waals surface area (Å²) in [6, 6.07) is 9.47. The van der Waals surface area contributed by atoms with Gasteiger partial charge in [0, 0.05) is 19.2 Å². The van der Waals surface area contributed by atoms with E-state index < -0.39 is 0 Å². The van der Waals surface area contributed by atoms with Crippen LogP contribution in [0.1, 0.15) is 19.4 Å². The first-order chi connectivity index (χ1) is 13.9. The number of hydrogen-bond donors (Lipinski definition) is 0. The number of nitrogens with zero attached hydrogens (tertiary/aromatic N) is 4. The molecule has 9 heteroatoms. The van der Waals surface area contributed by atoms with Crippen LogP contribution in [0.2, 0.25) is 10.0 Å². The van der Waals surface area contributed by atoms with E-state index in [0.29, 0.717) is 28.3 Å². The standard InChI is InChI=1S/C20H20Cl2N4O2S/c1-4-26(9-10-28-13(3)27)14-5-7-16(12(2)11-14)24-25-20-23-17-8-6-15(21)18(22)19(17)29-20/h5-8,11H,4,9-10H2,1-3H3. The number of azo groups is 1. The fraction of sp³-hybridized carbons (Fsp3) is 0.300. The van der Waals surface area contributed by atoms with E-state index in [1.54, 1.807) is 6.07 Å². The molecule has 152 valence electrons. The van der Waals surface area contributed by atoms with Crippen LogP contribution < -0.4 is 4.90 Å². The molecule has 0 bridgehead atoms. The fourth-order valence-corrected chi connectivity index (χ4v) is 4.10. The van der Waals surface area contributed by atoms with Crippen LogP contribution in [0, 0.1) is 6.92 Å². The summed E-state index contributed by atoms with van der Waals surface area (Å²) in [6.07, 6.45) is 0. The molecule has 2 aromatic carbocycles. The molecule has 1 heterocycles. The maximum atomic E-state index is 10.9. The molecule has 6 nitrogen and oxygen atoms in total. The third-order valence-corrected chi connectivity index (χ3v) is 6.16. The minimum absolute atomic E-state index is 0.272. The van der Waals surface area contributed by atoms with Gasteiger partial charge in [0.05, 0.1) is 32.5 Å². The average Bonchev–Trinajstić information content (AvgIpc) is 3.11. The summed E-state index contributed by atoms with van der Waals surface area (Å²) >= 11 is 13.6. The molecular formula is C20H20Cl2N4O2S. The van der Waals surface area contributed by atoms with E-state index in [4.69, 9.17) is 27.9 Å². The van der Waals surface area contributed by atoms with Gasteiger partial charge in [0.15, 0.2) is 0 Å². The van der Waals surface area contributed by atoms with Gasteiger partial charge in [0.25, 0.3) is 0 Å². The molecular weight excluding hydrogens is 431 g/mol. The van der Waals surface area contributed by atoms with Gasteiger partial charge >= 0.3 is 5.97 Å². The maximum Gasteiger partial charge on any atom is 0.302 e. The van der Waals surface area contributed by atoms with Gasteiger partial charge in [-0.05, 0) is 49.7 Å². The summed E-state index contributed by atoms with van der Waals surface area (Å²) in [7, 11) is 0. The molecule has 0 radical (unpaired) electrons. The SMILES string of the molecule is CCN(CCOC(C)=O)c1ccc(N=Nc2nc3ccc(Cl)c(Cl)c3s2)c(C)c1. The van der Waals surface area contributed by atoms with Crippen molar-refractivity contribution in [1.82, 2.24) is 4.98 Å². The minimum Gasteiger partial charge on any atom is -0.464 e. The Balaban J connectivity index is 1.76. The number of halogens is 2. The summed E-state index contributed by atoms with van der Waals surface area (Å²) < 4.78 is 5.84. The molecule has 0 spiro atoms. The van der Waals surface area contributed by atoms with Crippen LogP contribution in [0.3, 0.4) is 0 Å². The topological polar surface area (TPSA) is 67.2 Å². The summed E-state index contributed by atoms with van der Waals surface area (Å²) in [5.41, 5.74) is 3.53. The van der Waals surface area contributed by atoms with Crippen LogP contribution in [0.15, 0.2) is 40.6 Å². The molecule has 0 aliphatic heterocycles. The number of esters is 1. The third-order valence-electron chi connectivity index (χ3n) is 4.28. The summed E-state index contributed by atoms with van der Waals surface area (Å²) in [6.45, 7) is 7.23. The molecule has 29 heavy (non-hydrogen) atoms. The Morgan fingerprint density at radius 3 is 2.72 bits per heavy atom. The van der Waals surface area contributed by atoms with Gasteiger partial charge in [0.2, 0.25) is 5.13 Å². The van der Waals surface area contributed by atoms with Crippen molar-refractivity contribution < 1.29 is 9.53 Å². The predicted molar refractivity (Wildman–Crippen MR) is 120 cm³/mol. The number of ether oxygens (including phenoxy) is 1. The van der Waals surface area contributed by atoms with Gasteiger partial charge in [-0.15, -0.1) is 10.2 Å². The molecule has 1 aromatic heterocycles. The Labute approximate surface area is 183 Å². The van der Waals surface area contributed by atoms with Gasteiger partial charge in [-0.25, -0.2) is 4.98 Å². The van der Waals surface area contributed by atoms with Crippen molar-refractivity contribution in [2.24, 2.45) is 10.2 Å². The smallest absolute Gasteiger partial charge is 0.302 e. The van der Waals surface area contributed by atoms with Crippen molar-refractivity contribution in [2.75, 3.05) is 24.6 Å². The fourth-order valence-electron chi connectivity index (χ4n) is 2.78. The second kappa shape index (κ2) is 9.52. The molecule has 0 saturated heterocycles. The van der Waals surface area contributed by atoms with E-state index in [2.05, 4.69) is 27.0 Å². The number of carbonyl (C=O) groups excluding carboxylic acids is 1. The Bertz CT molecular complexity index is 1070. The van der Waals surface area contributed by atoms with Gasteiger partial charge in [-0.3, -0.25) is 4.79 Å². The number of hydrogen-bond acceptors (Lipinski definition) is 7. The number of rotatable bonds is 7. The number of aryl methyl sites for hydroxylation is 1. The van der Waals surface area contributed by atoms with Crippen molar-refractivity contribution in [1.29, 1.82) is 0 Å². The van der Waals surface area contributed by atoms with Gasteiger partial charge in [-0.1, -0.05) is 34.5 Å². The maximum absolute atomic E-state index is 10.9. The highest BCUT2D eigenvalue weighted by Gasteiger charge is 2.11. The van der Waals surface area contributed by atoms with E-state index in [1.165, 1.54) is 18.3 Å². The Hall–Kier alpha value is -2.22. The largest absolute Gasteiger partial charge is 0.464 e. The van der Waals surface area contributed by atoms with Crippen LogP contribution in [0.5, 0.6) is 0 Å². The summed E-state index contributed by atoms with van der Waals surface area (Å²) in [5.74, 6) is -0.272. The number of thiazole rings is 1. The number of carbonyl (C=O) groups is 1. The van der Waals surface area contributed by atoms with Gasteiger partial charge in [0.1, 0.15) is 6.61 Å². The number of benzene rings is 2. The van der Waals surface area contributed by atoms with E-state index in [1.807, 2.05) is 31.2 Å². The van der Waals surface area contributed by atoms with E-state index >= 15 is 0 Å². The lowest BCUT2D eigenvalue weighted by Crippen LogP contribution is -2.27. The van der Waals surface area contributed by atoms with Crippen LogP contribution in [0.4, 0.5) is 16.5 Å². The lowest BCUT2D eigenvalue weighted by molar-refractivity contribution is -0.140. The third kappa shape index (κ3) is 5.23. The summed E-state index contributed by atoms with van der Waals surface area (Å²) in [5, 5.41) is 10.1. The van der Waals surface area contributed by atoms with Crippen molar-refractivity contribution in [3.05, 3.63) is 45.9 Å². The monoisotopic (exact) mass is 450 g/mol. The molecule has 0 fully saturated rings. The molecule has 0 aliphatic rings. The molecule has 3 aromatic rings. The van der Waals surface area contributed by atoms with Gasteiger partial charge < -0.3 is 9.64 Å². The Kier molecular flexibility index (Phi) is 7.05.